The molecule has 1 saturated carbocycles. The van der Waals surface area contributed by atoms with Crippen LogP contribution in [0.5, 0.6) is 5.75 Å². The zero-order chi connectivity index (χ0) is 23.1. The van der Waals surface area contributed by atoms with Crippen LogP contribution in [-0.4, -0.2) is 35.4 Å². The van der Waals surface area contributed by atoms with Crippen LogP contribution in [0.3, 0.4) is 0 Å². The Bertz CT molecular complexity index is 914. The molecule has 0 heterocycles. The van der Waals surface area contributed by atoms with Crippen LogP contribution in [-0.2, 0) is 16.1 Å². The van der Waals surface area contributed by atoms with E-state index in [1.54, 1.807) is 4.90 Å². The van der Waals surface area contributed by atoms with Crippen LogP contribution in [0, 0.1) is 20.8 Å². The third-order valence-electron chi connectivity index (χ3n) is 6.28. The molecule has 1 atom stereocenters. The highest BCUT2D eigenvalue weighted by atomic mass is 16.5. The van der Waals surface area contributed by atoms with E-state index in [2.05, 4.69) is 11.4 Å². The fourth-order valence-electron chi connectivity index (χ4n) is 4.37. The summed E-state index contributed by atoms with van der Waals surface area (Å²) in [5, 5.41) is 3.17. The molecule has 5 nitrogen and oxygen atoms in total. The topological polar surface area (TPSA) is 58.6 Å². The monoisotopic (exact) mass is 436 g/mol. The molecule has 0 radical (unpaired) electrons. The van der Waals surface area contributed by atoms with Crippen LogP contribution in [0.1, 0.15) is 61.3 Å². The first-order chi connectivity index (χ1) is 15.3. The van der Waals surface area contributed by atoms with E-state index in [0.29, 0.717) is 12.3 Å². The Balaban J connectivity index is 1.73. The first-order valence-corrected chi connectivity index (χ1v) is 11.7. The van der Waals surface area contributed by atoms with E-state index in [0.717, 1.165) is 47.9 Å². The molecule has 2 aromatic carbocycles. The maximum atomic E-state index is 13.3. The van der Waals surface area contributed by atoms with Crippen molar-refractivity contribution in [2.24, 2.45) is 0 Å². The van der Waals surface area contributed by atoms with Crippen molar-refractivity contribution in [1.29, 1.82) is 0 Å². The quantitative estimate of drug-likeness (QED) is 0.643. The molecular formula is C27H36N2O3. The first kappa shape index (κ1) is 23.8. The Kier molecular flexibility index (Phi) is 8.32. The Morgan fingerprint density at radius 1 is 1.03 bits per heavy atom. The molecule has 0 unspecified atom stereocenters. The minimum Gasteiger partial charge on any atom is -0.484 e. The maximum Gasteiger partial charge on any atom is 0.261 e. The molecule has 0 aliphatic heterocycles. The molecule has 2 aromatic rings. The van der Waals surface area contributed by atoms with Gasteiger partial charge in [0.05, 0.1) is 0 Å². The minimum absolute atomic E-state index is 0.0924. The number of carbonyl (C=O) groups is 2. The first-order valence-electron chi connectivity index (χ1n) is 11.7. The van der Waals surface area contributed by atoms with E-state index in [-0.39, 0.29) is 24.5 Å². The van der Waals surface area contributed by atoms with Crippen LogP contribution >= 0.6 is 0 Å². The lowest BCUT2D eigenvalue weighted by Gasteiger charge is -2.31. The smallest absolute Gasteiger partial charge is 0.261 e. The SMILES string of the molecule is Cc1cc(C)cc(OCC(=O)N(Cc2ccccc2C)[C@H](C)C(=O)NC2CCCCC2)c1. The Labute approximate surface area is 192 Å². The third kappa shape index (κ3) is 6.59. The van der Waals surface area contributed by atoms with Gasteiger partial charge in [-0.05, 0) is 74.9 Å². The second-order valence-electron chi connectivity index (χ2n) is 9.08. The van der Waals surface area contributed by atoms with Crippen molar-refractivity contribution in [3.8, 4) is 5.75 Å². The summed E-state index contributed by atoms with van der Waals surface area (Å²) in [6.45, 7) is 8.12. The fourth-order valence-corrected chi connectivity index (χ4v) is 4.37. The molecule has 1 aliphatic rings. The molecule has 3 rings (SSSR count). The summed E-state index contributed by atoms with van der Waals surface area (Å²) in [7, 11) is 0. The van der Waals surface area contributed by atoms with Gasteiger partial charge in [-0.15, -0.1) is 0 Å². The summed E-state index contributed by atoms with van der Waals surface area (Å²) in [5.41, 5.74) is 4.30. The van der Waals surface area contributed by atoms with Crippen molar-refractivity contribution < 1.29 is 14.3 Å². The Hall–Kier alpha value is -2.82. The van der Waals surface area contributed by atoms with Crippen LogP contribution < -0.4 is 10.1 Å². The second kappa shape index (κ2) is 11.2. The van der Waals surface area contributed by atoms with Gasteiger partial charge in [-0.1, -0.05) is 49.6 Å². The number of aryl methyl sites for hydroxylation is 3. The van der Waals surface area contributed by atoms with Gasteiger partial charge in [-0.3, -0.25) is 9.59 Å². The fraction of sp³-hybridized carbons (Fsp3) is 0.481. The zero-order valence-electron chi connectivity index (χ0n) is 19.8. The van der Waals surface area contributed by atoms with E-state index < -0.39 is 6.04 Å². The van der Waals surface area contributed by atoms with Gasteiger partial charge in [0.15, 0.2) is 6.61 Å². The van der Waals surface area contributed by atoms with Gasteiger partial charge in [0.25, 0.3) is 5.91 Å². The van der Waals surface area contributed by atoms with E-state index in [4.69, 9.17) is 4.74 Å². The molecule has 5 heteroatoms. The molecule has 32 heavy (non-hydrogen) atoms. The molecular weight excluding hydrogens is 400 g/mol. The molecule has 172 valence electrons. The molecule has 1 fully saturated rings. The van der Waals surface area contributed by atoms with Gasteiger partial charge in [0.2, 0.25) is 5.91 Å². The van der Waals surface area contributed by atoms with Gasteiger partial charge >= 0.3 is 0 Å². The Morgan fingerprint density at radius 2 is 1.69 bits per heavy atom. The predicted molar refractivity (Wildman–Crippen MR) is 128 cm³/mol. The average Bonchev–Trinajstić information content (AvgIpc) is 2.76. The van der Waals surface area contributed by atoms with E-state index >= 15 is 0 Å². The van der Waals surface area contributed by atoms with Gasteiger partial charge in [-0.2, -0.15) is 0 Å². The number of benzene rings is 2. The largest absolute Gasteiger partial charge is 0.484 e. The normalized spacial score (nSPS) is 15.1. The van der Waals surface area contributed by atoms with Crippen LogP contribution in [0.4, 0.5) is 0 Å². The summed E-state index contributed by atoms with van der Waals surface area (Å²) in [5.74, 6) is 0.384. The third-order valence-corrected chi connectivity index (χ3v) is 6.28. The summed E-state index contributed by atoms with van der Waals surface area (Å²) >= 11 is 0. The zero-order valence-corrected chi connectivity index (χ0v) is 19.8. The van der Waals surface area contributed by atoms with Crippen molar-refractivity contribution in [3.63, 3.8) is 0 Å². The lowest BCUT2D eigenvalue weighted by molar-refractivity contribution is -0.142. The van der Waals surface area contributed by atoms with Crippen molar-refractivity contribution in [2.45, 2.75) is 78.4 Å². The number of ether oxygens (including phenoxy) is 1. The van der Waals surface area contributed by atoms with Crippen molar-refractivity contribution in [3.05, 3.63) is 64.7 Å². The Morgan fingerprint density at radius 3 is 2.34 bits per heavy atom. The predicted octanol–water partition coefficient (Wildman–Crippen LogP) is 4.86. The second-order valence-corrected chi connectivity index (χ2v) is 9.08. The van der Waals surface area contributed by atoms with E-state index in [1.807, 2.05) is 64.1 Å². The molecule has 2 amide bonds. The summed E-state index contributed by atoms with van der Waals surface area (Å²) < 4.78 is 5.84. The number of hydrogen-bond donors (Lipinski definition) is 1. The summed E-state index contributed by atoms with van der Waals surface area (Å²) in [6.07, 6.45) is 5.56. The molecule has 0 spiro atoms. The van der Waals surface area contributed by atoms with Gasteiger partial charge in [-0.25, -0.2) is 0 Å². The molecule has 0 bridgehead atoms. The molecule has 1 N–H and O–H groups in total. The average molecular weight is 437 g/mol. The van der Waals surface area contributed by atoms with E-state index in [9.17, 15) is 9.59 Å². The lowest BCUT2D eigenvalue weighted by Crippen LogP contribution is -2.51. The van der Waals surface area contributed by atoms with Gasteiger partial charge in [0, 0.05) is 12.6 Å². The molecule has 0 aromatic heterocycles. The van der Waals surface area contributed by atoms with Crippen molar-refractivity contribution in [2.75, 3.05) is 6.61 Å². The highest BCUT2D eigenvalue weighted by Gasteiger charge is 2.28. The maximum absolute atomic E-state index is 13.3. The van der Waals surface area contributed by atoms with Crippen LogP contribution in [0.15, 0.2) is 42.5 Å². The molecule has 0 saturated heterocycles. The van der Waals surface area contributed by atoms with Crippen molar-refractivity contribution in [1.82, 2.24) is 10.2 Å². The van der Waals surface area contributed by atoms with Crippen LogP contribution in [0.25, 0.3) is 0 Å². The number of nitrogens with one attached hydrogen (secondary N) is 1. The standard InChI is InChI=1S/C27H36N2O3/c1-19-14-20(2)16-25(15-19)32-18-26(30)29(17-23-11-9-8-10-21(23)3)22(4)27(31)28-24-12-6-5-7-13-24/h8-11,14-16,22,24H,5-7,12-13,17-18H2,1-4H3,(H,28,31)/t22-/m1/s1. The van der Waals surface area contributed by atoms with Crippen LogP contribution in [0.2, 0.25) is 0 Å². The number of carbonyl (C=O) groups excluding carboxylic acids is 2. The lowest BCUT2D eigenvalue weighted by atomic mass is 9.95. The number of nitrogens with zero attached hydrogens (tertiary/aromatic N) is 1. The van der Waals surface area contributed by atoms with E-state index in [1.165, 1.54) is 6.42 Å². The summed E-state index contributed by atoms with van der Waals surface area (Å²) in [4.78, 5) is 28.0. The minimum atomic E-state index is -0.577. The highest BCUT2D eigenvalue weighted by molar-refractivity contribution is 5.88. The van der Waals surface area contributed by atoms with Crippen molar-refractivity contribution >= 4 is 11.8 Å². The van der Waals surface area contributed by atoms with Gasteiger partial charge in [0.1, 0.15) is 11.8 Å². The van der Waals surface area contributed by atoms with Gasteiger partial charge < -0.3 is 15.0 Å². The number of rotatable bonds is 8. The number of amides is 2. The summed E-state index contributed by atoms with van der Waals surface area (Å²) in [6, 6.07) is 13.5. The number of hydrogen-bond acceptors (Lipinski definition) is 3. The highest BCUT2D eigenvalue weighted by Crippen LogP contribution is 2.20. The molecule has 1 aliphatic carbocycles.